The fourth-order valence-corrected chi connectivity index (χ4v) is 6.99. The average Bonchev–Trinajstić information content (AvgIpc) is 3.64. The van der Waals surface area contributed by atoms with Crippen LogP contribution >= 0.6 is 0 Å². The number of aromatic nitrogens is 4. The van der Waals surface area contributed by atoms with Crippen LogP contribution in [-0.4, -0.2) is 78.3 Å². The lowest BCUT2D eigenvalue weighted by Crippen LogP contribution is -3.06. The molecule has 8 rings (SSSR count). The summed E-state index contributed by atoms with van der Waals surface area (Å²) in [6.07, 6.45) is 1.24. The molecule has 0 fully saturated rings. The largest absolute Gasteiger partial charge is 0.346 e. The number of ketones is 1. The molecule has 0 saturated carbocycles. The number of Topliss-reactive ketones (excluding diaryl/α,β-unsaturated/α-hetero) is 1. The maximum Gasteiger partial charge on any atom is 0.264 e. The van der Waals surface area contributed by atoms with Gasteiger partial charge in [0.05, 0.1) is 69.9 Å². The highest BCUT2D eigenvalue weighted by Gasteiger charge is 2.23. The van der Waals surface area contributed by atoms with Crippen LogP contribution in [0.2, 0.25) is 0 Å². The van der Waals surface area contributed by atoms with Crippen LogP contribution in [-0.2, 0) is 0 Å². The molecule has 4 heterocycles. The first kappa shape index (κ1) is 29.9. The lowest BCUT2D eigenvalue weighted by molar-refractivity contribution is -0.858. The molecule has 0 radical (unpaired) electrons. The molecular weight excluding hydrogens is 606 g/mol. The summed E-state index contributed by atoms with van der Waals surface area (Å²) in [6.45, 7) is 2.25. The smallest absolute Gasteiger partial charge is 0.264 e. The van der Waals surface area contributed by atoms with Crippen molar-refractivity contribution >= 4 is 77.4 Å². The van der Waals surface area contributed by atoms with Crippen molar-refractivity contribution in [3.8, 4) is 0 Å². The predicted octanol–water partition coefficient (Wildman–Crippen LogP) is 1.33. The van der Waals surface area contributed by atoms with Crippen LogP contribution in [0.25, 0.3) is 65.7 Å². The summed E-state index contributed by atoms with van der Waals surface area (Å²) >= 11 is 0. The highest BCUT2D eigenvalue weighted by Crippen LogP contribution is 2.36. The topological polar surface area (TPSA) is 124 Å². The standard InChI is InChI=1S/C37H33N7O4/c1-41(2)16-5-6-30(45)20-7-13-28-26(18-20)39-33-22-9-11-25-32-23(10-12-24(31(22)32)36(47)43(28)33)34-40-27-19-21(35(46)38-15-17-42(3)4)8-14-29(27)44(34)37(25)48/h7-14,18-19H,5-6,15-17H2,1-4H3,(H,38,46)/p+2. The molecule has 8 aromatic rings. The molecular formula is C37H35N7O4+2. The van der Waals surface area contributed by atoms with Crippen LogP contribution in [0.1, 0.15) is 33.6 Å². The van der Waals surface area contributed by atoms with Gasteiger partial charge in [0, 0.05) is 56.3 Å². The van der Waals surface area contributed by atoms with Crippen LogP contribution in [0.5, 0.6) is 0 Å². The van der Waals surface area contributed by atoms with Crippen molar-refractivity contribution in [2.75, 3.05) is 47.8 Å². The molecule has 0 aliphatic heterocycles. The van der Waals surface area contributed by atoms with Crippen molar-refractivity contribution in [1.29, 1.82) is 0 Å². The molecule has 240 valence electrons. The number of imidazole rings is 2. The normalized spacial score (nSPS) is 12.5. The minimum Gasteiger partial charge on any atom is -0.346 e. The maximum atomic E-state index is 14.1. The van der Waals surface area contributed by atoms with E-state index in [2.05, 4.69) is 19.4 Å². The number of nitrogens with one attached hydrogen (secondary N) is 3. The zero-order valence-corrected chi connectivity index (χ0v) is 27.2. The molecule has 3 N–H and O–H groups in total. The first-order valence-corrected chi connectivity index (χ1v) is 16.3. The third-order valence-corrected chi connectivity index (χ3v) is 9.39. The highest BCUT2D eigenvalue weighted by atomic mass is 16.2. The lowest BCUT2D eigenvalue weighted by atomic mass is 9.96. The van der Waals surface area contributed by atoms with Crippen molar-refractivity contribution in [1.82, 2.24) is 24.1 Å². The van der Waals surface area contributed by atoms with Crippen molar-refractivity contribution in [3.05, 3.63) is 92.5 Å². The highest BCUT2D eigenvalue weighted by molar-refractivity contribution is 6.27. The first-order valence-electron chi connectivity index (χ1n) is 16.3. The van der Waals surface area contributed by atoms with E-state index in [0.29, 0.717) is 79.0 Å². The zero-order valence-electron chi connectivity index (χ0n) is 27.2. The fourth-order valence-electron chi connectivity index (χ4n) is 6.99. The summed E-state index contributed by atoms with van der Waals surface area (Å²) in [7, 11) is 8.18. The zero-order chi connectivity index (χ0) is 33.4. The molecule has 0 saturated heterocycles. The number of rotatable bonds is 9. The Morgan fingerprint density at radius 3 is 1.71 bits per heavy atom. The van der Waals surface area contributed by atoms with Crippen molar-refractivity contribution in [2.45, 2.75) is 12.8 Å². The Hall–Kier alpha value is -5.52. The van der Waals surface area contributed by atoms with Gasteiger partial charge in [0.25, 0.3) is 17.0 Å². The Labute approximate surface area is 273 Å². The quantitative estimate of drug-likeness (QED) is 0.162. The Balaban J connectivity index is 1.31. The van der Waals surface area contributed by atoms with Crippen LogP contribution in [0.15, 0.2) is 70.3 Å². The molecule has 48 heavy (non-hydrogen) atoms. The van der Waals surface area contributed by atoms with Crippen LogP contribution < -0.4 is 26.2 Å². The minimum atomic E-state index is -0.250. The third-order valence-electron chi connectivity index (χ3n) is 9.39. The number of benzene rings is 4. The summed E-state index contributed by atoms with van der Waals surface area (Å²) in [5.74, 6) is -0.142. The minimum absolute atomic E-state index is 0.0524. The summed E-state index contributed by atoms with van der Waals surface area (Å²) in [5.41, 5.74) is 3.84. The number of pyridine rings is 2. The van der Waals surface area contributed by atoms with Crippen LogP contribution in [0.4, 0.5) is 0 Å². The summed E-state index contributed by atoms with van der Waals surface area (Å²) in [5, 5.41) is 6.67. The molecule has 0 bridgehead atoms. The van der Waals surface area contributed by atoms with Gasteiger partial charge in [-0.25, -0.2) is 9.97 Å². The monoisotopic (exact) mass is 641 g/mol. The molecule has 4 aromatic carbocycles. The second kappa shape index (κ2) is 11.0. The van der Waals surface area contributed by atoms with Gasteiger partial charge in [-0.1, -0.05) is 0 Å². The maximum absolute atomic E-state index is 14.1. The van der Waals surface area contributed by atoms with Crippen molar-refractivity contribution < 1.29 is 19.4 Å². The van der Waals surface area contributed by atoms with Gasteiger partial charge >= 0.3 is 0 Å². The predicted molar refractivity (Wildman–Crippen MR) is 188 cm³/mol. The Kier molecular flexibility index (Phi) is 6.86. The molecule has 11 heteroatoms. The van der Waals surface area contributed by atoms with Gasteiger partial charge in [-0.2, -0.15) is 0 Å². The molecule has 0 aliphatic rings. The summed E-state index contributed by atoms with van der Waals surface area (Å²) < 4.78 is 3.19. The number of likely N-dealkylation sites (N-methyl/N-ethyl adjacent to an activating group) is 1. The molecule has 0 aliphatic carbocycles. The van der Waals surface area contributed by atoms with Crippen LogP contribution in [0.3, 0.4) is 0 Å². The van der Waals surface area contributed by atoms with Crippen LogP contribution in [0, 0.1) is 0 Å². The molecule has 0 atom stereocenters. The number of hydrogen-bond acceptors (Lipinski definition) is 6. The number of amides is 1. The van der Waals surface area contributed by atoms with Crippen molar-refractivity contribution in [2.24, 2.45) is 0 Å². The number of fused-ring (bicyclic) bond motifs is 8. The van der Waals surface area contributed by atoms with E-state index in [-0.39, 0.29) is 22.8 Å². The number of carbonyl (C=O) groups is 2. The summed E-state index contributed by atoms with van der Waals surface area (Å²) in [6, 6.07) is 17.8. The molecule has 1 amide bonds. The number of hydrogen-bond donors (Lipinski definition) is 3. The van der Waals surface area contributed by atoms with Crippen molar-refractivity contribution in [3.63, 3.8) is 0 Å². The van der Waals surface area contributed by atoms with E-state index in [0.717, 1.165) is 30.3 Å². The van der Waals surface area contributed by atoms with Gasteiger partial charge in [-0.05, 0) is 60.7 Å². The second-order valence-corrected chi connectivity index (χ2v) is 13.3. The number of quaternary nitrogens is 2. The van der Waals surface area contributed by atoms with Gasteiger partial charge in [0.2, 0.25) is 0 Å². The SMILES string of the molecule is C[NH+](C)CCCC(=O)c1ccc2c(c1)nc1c3ccc4c(=O)n5c6ccc(C(=O)NCC[NH+](C)C)cc6nc5c5ccc(c(=O)n21)c3c45. The van der Waals surface area contributed by atoms with Gasteiger partial charge in [-0.3, -0.25) is 28.0 Å². The Morgan fingerprint density at radius 1 is 0.667 bits per heavy atom. The molecule has 4 aromatic heterocycles. The number of nitrogens with zero attached hydrogens (tertiary/aromatic N) is 4. The first-order chi connectivity index (χ1) is 23.1. The lowest BCUT2D eigenvalue weighted by Gasteiger charge is -2.12. The van der Waals surface area contributed by atoms with Gasteiger partial charge in [-0.15, -0.1) is 0 Å². The molecule has 0 spiro atoms. The molecule has 11 nitrogen and oxygen atoms in total. The fraction of sp³-hybridized carbons (Fsp3) is 0.243. The van der Waals surface area contributed by atoms with Gasteiger partial charge in [0.15, 0.2) is 5.78 Å². The van der Waals surface area contributed by atoms with E-state index in [4.69, 9.17) is 9.97 Å². The van der Waals surface area contributed by atoms with E-state index in [9.17, 15) is 19.2 Å². The van der Waals surface area contributed by atoms with E-state index < -0.39 is 0 Å². The van der Waals surface area contributed by atoms with E-state index >= 15 is 0 Å². The van der Waals surface area contributed by atoms with Gasteiger partial charge in [0.1, 0.15) is 11.3 Å². The Bertz CT molecular complexity index is 2540. The average molecular weight is 642 g/mol. The van der Waals surface area contributed by atoms with E-state index in [1.54, 1.807) is 57.3 Å². The van der Waals surface area contributed by atoms with E-state index in [1.807, 2.05) is 26.2 Å². The second-order valence-electron chi connectivity index (χ2n) is 13.3. The van der Waals surface area contributed by atoms with E-state index in [1.165, 1.54) is 9.80 Å². The van der Waals surface area contributed by atoms with Gasteiger partial charge < -0.3 is 15.1 Å². The number of carbonyl (C=O) groups excluding carboxylic acids is 2. The summed E-state index contributed by atoms with van der Waals surface area (Å²) in [4.78, 5) is 66.3. The third kappa shape index (κ3) is 4.49. The Morgan fingerprint density at radius 2 is 1.17 bits per heavy atom. The molecule has 0 unspecified atom stereocenters.